The molecule has 1 aromatic heterocycles. The van der Waals surface area contributed by atoms with Crippen molar-refractivity contribution in [3.05, 3.63) is 48.0 Å². The van der Waals surface area contributed by atoms with E-state index in [-0.39, 0.29) is 11.9 Å². The number of benzene rings is 2. The van der Waals surface area contributed by atoms with E-state index in [1.54, 1.807) is 32.2 Å². The molecule has 3 aromatic rings. The molecule has 0 spiro atoms. The Labute approximate surface area is 202 Å². The fourth-order valence-corrected chi connectivity index (χ4v) is 4.18. The van der Waals surface area contributed by atoms with Gasteiger partial charge in [-0.1, -0.05) is 0 Å². The Morgan fingerprint density at radius 2 is 1.91 bits per heavy atom. The Balaban J connectivity index is 1.39. The first-order valence-corrected chi connectivity index (χ1v) is 11.6. The number of likely N-dealkylation sites (tertiary alicyclic amines) is 1. The fourth-order valence-electron chi connectivity index (χ4n) is 4.18. The van der Waals surface area contributed by atoms with E-state index in [1.165, 1.54) is 12.4 Å². The number of nitrogens with one attached hydrogen (secondary N) is 1. The molecule has 1 aliphatic heterocycles. The molecule has 0 atom stereocenters. The second-order valence-electron chi connectivity index (χ2n) is 8.47. The number of methoxy groups -OCH3 is 1. The van der Waals surface area contributed by atoms with Crippen LogP contribution in [0, 0.1) is 12.7 Å². The molecule has 2 aromatic carbocycles. The predicted octanol–water partition coefficient (Wildman–Crippen LogP) is 5.30. The highest BCUT2D eigenvalue weighted by Gasteiger charge is 2.22. The van der Waals surface area contributed by atoms with Crippen LogP contribution in [0.4, 0.5) is 24.7 Å². The second-order valence-corrected chi connectivity index (χ2v) is 8.47. The molecule has 2 heterocycles. The SMILES string of the molecule is COc1cc2ncnc(Nc3ccc(F)c(C)c3)c2cc1OCCCN1CCC(OC(F)F)CC1. The monoisotopic (exact) mass is 490 g/mol. The van der Waals surface area contributed by atoms with E-state index in [9.17, 15) is 13.2 Å². The molecule has 7 nitrogen and oxygen atoms in total. The molecule has 10 heteroatoms. The van der Waals surface area contributed by atoms with Crippen molar-refractivity contribution in [2.24, 2.45) is 0 Å². The maximum atomic E-state index is 13.6. The van der Waals surface area contributed by atoms with Crippen molar-refractivity contribution in [1.82, 2.24) is 14.9 Å². The van der Waals surface area contributed by atoms with Gasteiger partial charge in [-0.25, -0.2) is 14.4 Å². The Morgan fingerprint density at radius 1 is 1.11 bits per heavy atom. The fraction of sp³-hybridized carbons (Fsp3) is 0.440. The summed E-state index contributed by atoms with van der Waals surface area (Å²) in [5.41, 5.74) is 1.93. The van der Waals surface area contributed by atoms with Gasteiger partial charge < -0.3 is 24.4 Å². The van der Waals surface area contributed by atoms with Crippen molar-refractivity contribution >= 4 is 22.4 Å². The molecule has 35 heavy (non-hydrogen) atoms. The predicted molar refractivity (Wildman–Crippen MR) is 127 cm³/mol. The average molecular weight is 491 g/mol. The van der Waals surface area contributed by atoms with Gasteiger partial charge in [-0.3, -0.25) is 0 Å². The van der Waals surface area contributed by atoms with E-state index in [4.69, 9.17) is 9.47 Å². The Morgan fingerprint density at radius 3 is 2.63 bits per heavy atom. The molecule has 4 rings (SSSR count). The minimum absolute atomic E-state index is 0.269. The number of halogens is 3. The van der Waals surface area contributed by atoms with Crippen molar-refractivity contribution in [1.29, 1.82) is 0 Å². The number of rotatable bonds is 10. The lowest BCUT2D eigenvalue weighted by molar-refractivity contribution is -0.172. The summed E-state index contributed by atoms with van der Waals surface area (Å²) in [6.07, 6.45) is 3.07. The first-order valence-electron chi connectivity index (χ1n) is 11.6. The molecular formula is C25H29F3N4O3. The standard InChI is InChI=1S/C25H29F3N4O3/c1-16-12-17(4-5-20(16)26)31-24-19-13-23(22(33-2)14-21(19)29-15-30-24)34-11-3-8-32-9-6-18(7-10-32)35-25(27)28/h4-5,12-15,18,25H,3,6-11H2,1-2H3,(H,29,30,31). The van der Waals surface area contributed by atoms with E-state index in [2.05, 4.69) is 24.9 Å². The third-order valence-electron chi connectivity index (χ3n) is 6.05. The van der Waals surface area contributed by atoms with Gasteiger partial charge in [0.2, 0.25) is 0 Å². The zero-order valence-electron chi connectivity index (χ0n) is 19.8. The highest BCUT2D eigenvalue weighted by atomic mass is 19.3. The second kappa shape index (κ2) is 11.5. The van der Waals surface area contributed by atoms with Crippen LogP contribution < -0.4 is 14.8 Å². The van der Waals surface area contributed by atoms with Crippen LogP contribution in [0.3, 0.4) is 0 Å². The summed E-state index contributed by atoms with van der Waals surface area (Å²) in [7, 11) is 1.57. The number of nitrogens with zero attached hydrogens (tertiary/aromatic N) is 3. The molecule has 0 saturated carbocycles. The van der Waals surface area contributed by atoms with Crippen LogP contribution in [0.15, 0.2) is 36.7 Å². The number of fused-ring (bicyclic) bond motifs is 1. The van der Waals surface area contributed by atoms with Gasteiger partial charge in [0.1, 0.15) is 18.0 Å². The third kappa shape index (κ3) is 6.52. The lowest BCUT2D eigenvalue weighted by atomic mass is 10.1. The summed E-state index contributed by atoms with van der Waals surface area (Å²) in [5.74, 6) is 1.43. The summed E-state index contributed by atoms with van der Waals surface area (Å²) in [4.78, 5) is 10.9. The molecule has 1 fully saturated rings. The van der Waals surface area contributed by atoms with Crippen molar-refractivity contribution in [2.75, 3.05) is 38.7 Å². The smallest absolute Gasteiger partial charge is 0.345 e. The minimum atomic E-state index is -2.71. The summed E-state index contributed by atoms with van der Waals surface area (Å²) < 4.78 is 54.5. The minimum Gasteiger partial charge on any atom is -0.493 e. The van der Waals surface area contributed by atoms with E-state index in [0.717, 1.165) is 31.4 Å². The number of ether oxygens (including phenoxy) is 3. The third-order valence-corrected chi connectivity index (χ3v) is 6.05. The van der Waals surface area contributed by atoms with Crippen LogP contribution >= 0.6 is 0 Å². The first-order chi connectivity index (χ1) is 16.9. The van der Waals surface area contributed by atoms with Gasteiger partial charge in [0.15, 0.2) is 11.5 Å². The molecule has 1 N–H and O–H groups in total. The highest BCUT2D eigenvalue weighted by Crippen LogP contribution is 2.35. The van der Waals surface area contributed by atoms with Crippen LogP contribution in [0.5, 0.6) is 11.5 Å². The molecule has 1 saturated heterocycles. The molecule has 0 amide bonds. The van der Waals surface area contributed by atoms with Gasteiger partial charge in [0, 0.05) is 36.8 Å². The lowest BCUT2D eigenvalue weighted by Gasteiger charge is -2.31. The molecule has 188 valence electrons. The molecular weight excluding hydrogens is 461 g/mol. The number of piperidine rings is 1. The van der Waals surface area contributed by atoms with Crippen LogP contribution in [0.25, 0.3) is 10.9 Å². The van der Waals surface area contributed by atoms with Crippen LogP contribution in [0.2, 0.25) is 0 Å². The molecule has 1 aliphatic rings. The molecule has 0 radical (unpaired) electrons. The maximum absolute atomic E-state index is 13.6. The number of anilines is 2. The van der Waals surface area contributed by atoms with Crippen LogP contribution in [-0.4, -0.2) is 60.9 Å². The topological polar surface area (TPSA) is 68.7 Å². The Bertz CT molecular complexity index is 1140. The first kappa shape index (κ1) is 25.0. The van der Waals surface area contributed by atoms with Crippen molar-refractivity contribution in [3.8, 4) is 11.5 Å². The van der Waals surface area contributed by atoms with Crippen molar-refractivity contribution in [3.63, 3.8) is 0 Å². The zero-order valence-corrected chi connectivity index (χ0v) is 19.8. The highest BCUT2D eigenvalue weighted by molar-refractivity contribution is 5.93. The van der Waals surface area contributed by atoms with Gasteiger partial charge in [-0.15, -0.1) is 0 Å². The van der Waals surface area contributed by atoms with Crippen LogP contribution in [-0.2, 0) is 4.74 Å². The number of aromatic nitrogens is 2. The summed E-state index contributed by atoms with van der Waals surface area (Å²) in [5, 5.41) is 3.97. The molecule has 0 bridgehead atoms. The van der Waals surface area contributed by atoms with E-state index in [0.29, 0.717) is 53.5 Å². The quantitative estimate of drug-likeness (QED) is 0.387. The summed E-state index contributed by atoms with van der Waals surface area (Å²) in [6, 6.07) is 8.40. The van der Waals surface area contributed by atoms with Crippen LogP contribution in [0.1, 0.15) is 24.8 Å². The van der Waals surface area contributed by atoms with Crippen molar-refractivity contribution in [2.45, 2.75) is 38.9 Å². The summed E-state index contributed by atoms with van der Waals surface area (Å²) in [6.45, 7) is 1.71. The number of hydrogen-bond donors (Lipinski definition) is 1. The Kier molecular flexibility index (Phi) is 8.25. The van der Waals surface area contributed by atoms with Gasteiger partial charge in [-0.05, 0) is 56.0 Å². The van der Waals surface area contributed by atoms with Crippen molar-refractivity contribution < 1.29 is 27.4 Å². The zero-order chi connectivity index (χ0) is 24.8. The van der Waals surface area contributed by atoms with E-state index < -0.39 is 6.61 Å². The van der Waals surface area contributed by atoms with E-state index in [1.807, 2.05) is 6.07 Å². The van der Waals surface area contributed by atoms with Gasteiger partial charge in [-0.2, -0.15) is 8.78 Å². The molecule has 0 unspecified atom stereocenters. The number of hydrogen-bond acceptors (Lipinski definition) is 7. The van der Waals surface area contributed by atoms with Gasteiger partial charge >= 0.3 is 6.61 Å². The number of alkyl halides is 2. The maximum Gasteiger partial charge on any atom is 0.345 e. The molecule has 0 aliphatic carbocycles. The van der Waals surface area contributed by atoms with E-state index >= 15 is 0 Å². The average Bonchev–Trinajstić information content (AvgIpc) is 2.84. The normalized spacial score (nSPS) is 15.0. The largest absolute Gasteiger partial charge is 0.493 e. The van der Waals surface area contributed by atoms with Gasteiger partial charge in [0.05, 0.1) is 25.3 Å². The van der Waals surface area contributed by atoms with Gasteiger partial charge in [0.25, 0.3) is 0 Å². The lowest BCUT2D eigenvalue weighted by Crippen LogP contribution is -2.38. The summed E-state index contributed by atoms with van der Waals surface area (Å²) >= 11 is 0. The number of aryl methyl sites for hydroxylation is 1. The Hall–Kier alpha value is -3.11.